The summed E-state index contributed by atoms with van der Waals surface area (Å²) < 4.78 is 45.7. The highest BCUT2D eigenvalue weighted by Crippen LogP contribution is 2.28. The highest BCUT2D eigenvalue weighted by Gasteiger charge is 2.30. The maximum atomic E-state index is 13.1. The van der Waals surface area contributed by atoms with Gasteiger partial charge in [-0.05, 0) is 35.9 Å². The number of halogens is 3. The molecule has 0 saturated heterocycles. The maximum Gasteiger partial charge on any atom is 0.406 e. The van der Waals surface area contributed by atoms with Crippen molar-refractivity contribution < 1.29 is 17.9 Å². The van der Waals surface area contributed by atoms with Crippen LogP contribution in [0.4, 0.5) is 13.2 Å². The van der Waals surface area contributed by atoms with Crippen molar-refractivity contribution in [2.45, 2.75) is 39.0 Å². The van der Waals surface area contributed by atoms with Crippen LogP contribution in [0.25, 0.3) is 21.7 Å². The molecule has 0 aliphatic rings. The summed E-state index contributed by atoms with van der Waals surface area (Å²) in [7, 11) is 0. The van der Waals surface area contributed by atoms with E-state index in [2.05, 4.69) is 4.98 Å². The summed E-state index contributed by atoms with van der Waals surface area (Å²) >= 11 is 0. The van der Waals surface area contributed by atoms with Gasteiger partial charge >= 0.3 is 6.18 Å². The molecular formula is C20H22F3N3O2. The minimum atomic E-state index is -4.54. The smallest absolute Gasteiger partial charge is 0.406 e. The fourth-order valence-electron chi connectivity index (χ4n) is 3.32. The quantitative estimate of drug-likeness (QED) is 0.646. The van der Waals surface area contributed by atoms with Gasteiger partial charge in [-0.3, -0.25) is 14.3 Å². The molecule has 2 N–H and O–H groups in total. The van der Waals surface area contributed by atoms with Crippen LogP contribution in [0.15, 0.2) is 41.5 Å². The number of benzene rings is 1. The van der Waals surface area contributed by atoms with E-state index < -0.39 is 18.3 Å². The van der Waals surface area contributed by atoms with Crippen molar-refractivity contribution in [3.05, 3.63) is 47.0 Å². The fraction of sp³-hybridized carbons (Fsp3) is 0.400. The lowest BCUT2D eigenvalue weighted by atomic mass is 10.1. The third kappa shape index (κ3) is 4.44. The number of hydrogen-bond acceptors (Lipinski definition) is 4. The van der Waals surface area contributed by atoms with Gasteiger partial charge in [-0.1, -0.05) is 13.8 Å². The van der Waals surface area contributed by atoms with Crippen LogP contribution in [-0.4, -0.2) is 28.4 Å². The summed E-state index contributed by atoms with van der Waals surface area (Å²) in [5, 5.41) is 1.23. The minimum Gasteiger partial charge on any atom is -0.492 e. The van der Waals surface area contributed by atoms with Crippen LogP contribution in [0.2, 0.25) is 0 Å². The molecule has 0 radical (unpaired) electrons. The van der Waals surface area contributed by atoms with Gasteiger partial charge in [-0.25, -0.2) is 0 Å². The number of alkyl halides is 3. The SMILES string of the molecule is CC(C)C[C@H](N)COc1ccc2c3ccncc3c(=O)n(CC(F)(F)F)c2c1. The van der Waals surface area contributed by atoms with E-state index in [0.717, 1.165) is 11.0 Å². The third-order valence-corrected chi connectivity index (χ3v) is 4.42. The first-order valence-corrected chi connectivity index (χ1v) is 9.01. The summed E-state index contributed by atoms with van der Waals surface area (Å²) in [5.41, 5.74) is 5.44. The summed E-state index contributed by atoms with van der Waals surface area (Å²) in [4.78, 5) is 16.6. The largest absolute Gasteiger partial charge is 0.492 e. The van der Waals surface area contributed by atoms with Crippen LogP contribution in [0.1, 0.15) is 20.3 Å². The van der Waals surface area contributed by atoms with E-state index in [9.17, 15) is 18.0 Å². The van der Waals surface area contributed by atoms with Gasteiger partial charge < -0.3 is 10.5 Å². The highest BCUT2D eigenvalue weighted by atomic mass is 19.4. The van der Waals surface area contributed by atoms with Crippen LogP contribution < -0.4 is 16.0 Å². The normalized spacial score (nSPS) is 13.4. The molecular weight excluding hydrogens is 371 g/mol. The van der Waals surface area contributed by atoms with E-state index >= 15 is 0 Å². The van der Waals surface area contributed by atoms with Gasteiger partial charge in [0.1, 0.15) is 18.9 Å². The Morgan fingerprint density at radius 3 is 2.61 bits per heavy atom. The van der Waals surface area contributed by atoms with Crippen LogP contribution in [0, 0.1) is 5.92 Å². The monoisotopic (exact) mass is 393 g/mol. The second kappa shape index (κ2) is 7.79. The molecule has 0 amide bonds. The Kier molecular flexibility index (Phi) is 5.60. The molecule has 150 valence electrons. The number of pyridine rings is 2. The maximum absolute atomic E-state index is 13.1. The number of nitrogens with zero attached hydrogens (tertiary/aromatic N) is 2. The predicted molar refractivity (Wildman–Crippen MR) is 102 cm³/mol. The van der Waals surface area contributed by atoms with E-state index in [1.54, 1.807) is 18.2 Å². The summed E-state index contributed by atoms with van der Waals surface area (Å²) in [6.07, 6.45) is -0.975. The Hall–Kier alpha value is -2.61. The molecule has 28 heavy (non-hydrogen) atoms. The number of aromatic nitrogens is 2. The Morgan fingerprint density at radius 1 is 1.18 bits per heavy atom. The molecule has 3 rings (SSSR count). The van der Waals surface area contributed by atoms with Gasteiger partial charge in [-0.15, -0.1) is 0 Å². The van der Waals surface area contributed by atoms with Crippen molar-refractivity contribution in [2.75, 3.05) is 6.61 Å². The molecule has 0 aliphatic heterocycles. The standard InChI is InChI=1S/C20H22F3N3O2/c1-12(2)7-13(24)10-28-14-3-4-16-15-5-6-25-9-17(15)19(27)26(18(16)8-14)11-20(21,22)23/h3-6,8-9,12-13H,7,10-11,24H2,1-2H3/t13-/m0/s1. The van der Waals surface area contributed by atoms with Crippen LogP contribution >= 0.6 is 0 Å². The first kappa shape index (κ1) is 20.1. The predicted octanol–water partition coefficient (Wildman–Crippen LogP) is 3.86. The summed E-state index contributed by atoms with van der Waals surface area (Å²) in [5.74, 6) is 0.780. The number of nitrogens with two attached hydrogens (primary N) is 1. The molecule has 2 aromatic heterocycles. The number of ether oxygens (including phenoxy) is 1. The lowest BCUT2D eigenvalue weighted by molar-refractivity contribution is -0.140. The minimum absolute atomic E-state index is 0.145. The Balaban J connectivity index is 2.08. The van der Waals surface area contributed by atoms with Gasteiger partial charge in [0, 0.05) is 29.9 Å². The van der Waals surface area contributed by atoms with Gasteiger partial charge in [-0.2, -0.15) is 13.2 Å². The van der Waals surface area contributed by atoms with Crippen molar-refractivity contribution in [1.82, 2.24) is 9.55 Å². The molecule has 1 aromatic carbocycles. The van der Waals surface area contributed by atoms with Gasteiger partial charge in [0.2, 0.25) is 0 Å². The lowest BCUT2D eigenvalue weighted by Gasteiger charge is -2.17. The summed E-state index contributed by atoms with van der Waals surface area (Å²) in [6.45, 7) is 2.95. The highest BCUT2D eigenvalue weighted by molar-refractivity contribution is 6.05. The zero-order valence-electron chi connectivity index (χ0n) is 15.7. The first-order valence-electron chi connectivity index (χ1n) is 9.01. The number of hydrogen-bond donors (Lipinski definition) is 1. The van der Waals surface area contributed by atoms with Crippen LogP contribution in [0.3, 0.4) is 0 Å². The molecule has 5 nitrogen and oxygen atoms in total. The van der Waals surface area contributed by atoms with Crippen LogP contribution in [0.5, 0.6) is 5.75 Å². The average Bonchev–Trinajstić information content (AvgIpc) is 2.62. The van der Waals surface area contributed by atoms with Crippen molar-refractivity contribution in [3.8, 4) is 5.75 Å². The lowest BCUT2D eigenvalue weighted by Crippen LogP contribution is -2.29. The molecule has 8 heteroatoms. The van der Waals surface area contributed by atoms with Gasteiger partial charge in [0.15, 0.2) is 0 Å². The molecule has 0 saturated carbocycles. The summed E-state index contributed by atoms with van der Waals surface area (Å²) in [6, 6.07) is 6.23. The molecule has 0 bridgehead atoms. The molecule has 0 aliphatic carbocycles. The van der Waals surface area contributed by atoms with Gasteiger partial charge in [0.25, 0.3) is 5.56 Å². The van der Waals surface area contributed by atoms with Gasteiger partial charge in [0.05, 0.1) is 10.9 Å². The Labute approximate surface area is 159 Å². The fourth-order valence-corrected chi connectivity index (χ4v) is 3.32. The molecule has 0 fully saturated rings. The average molecular weight is 393 g/mol. The molecule has 0 unspecified atom stereocenters. The zero-order valence-corrected chi connectivity index (χ0v) is 15.7. The molecule has 0 spiro atoms. The van der Waals surface area contributed by atoms with Crippen molar-refractivity contribution >= 4 is 21.7 Å². The number of rotatable bonds is 6. The van der Waals surface area contributed by atoms with E-state index in [1.807, 2.05) is 13.8 Å². The van der Waals surface area contributed by atoms with E-state index in [0.29, 0.717) is 22.4 Å². The Morgan fingerprint density at radius 2 is 1.93 bits per heavy atom. The molecule has 3 aromatic rings. The van der Waals surface area contributed by atoms with Crippen molar-refractivity contribution in [3.63, 3.8) is 0 Å². The van der Waals surface area contributed by atoms with Crippen LogP contribution in [-0.2, 0) is 6.54 Å². The topological polar surface area (TPSA) is 70.1 Å². The third-order valence-electron chi connectivity index (χ3n) is 4.42. The van der Waals surface area contributed by atoms with E-state index in [4.69, 9.17) is 10.5 Å². The van der Waals surface area contributed by atoms with E-state index in [1.165, 1.54) is 18.5 Å². The first-order chi connectivity index (χ1) is 13.2. The van der Waals surface area contributed by atoms with Crippen molar-refractivity contribution in [1.29, 1.82) is 0 Å². The zero-order chi connectivity index (χ0) is 20.5. The van der Waals surface area contributed by atoms with E-state index in [-0.39, 0.29) is 23.6 Å². The molecule has 2 heterocycles. The molecule has 1 atom stereocenters. The Bertz CT molecular complexity index is 1040. The second-order valence-corrected chi connectivity index (χ2v) is 7.31. The van der Waals surface area contributed by atoms with Crippen molar-refractivity contribution in [2.24, 2.45) is 11.7 Å². The second-order valence-electron chi connectivity index (χ2n) is 7.31. The number of fused-ring (bicyclic) bond motifs is 3.